The summed E-state index contributed by atoms with van der Waals surface area (Å²) >= 11 is 0. The quantitative estimate of drug-likeness (QED) is 0.270. The number of carbonyl (C=O) groups is 2. The van der Waals surface area contributed by atoms with Crippen molar-refractivity contribution in [2.75, 3.05) is 5.32 Å². The number of carboxylic acid groups (broad SMARTS) is 1. The van der Waals surface area contributed by atoms with Gasteiger partial charge in [0.05, 0.1) is 11.7 Å². The maximum Gasteiger partial charge on any atom is 0.357 e. The fourth-order valence-electron chi connectivity index (χ4n) is 4.36. The lowest BCUT2D eigenvalue weighted by atomic mass is 9.91. The lowest BCUT2D eigenvalue weighted by Crippen LogP contribution is -2.42. The van der Waals surface area contributed by atoms with Crippen molar-refractivity contribution in [1.82, 2.24) is 35.7 Å². The van der Waals surface area contributed by atoms with Gasteiger partial charge in [-0.25, -0.2) is 27.9 Å². The van der Waals surface area contributed by atoms with E-state index in [2.05, 4.69) is 41.0 Å². The van der Waals surface area contributed by atoms with Crippen molar-refractivity contribution in [3.05, 3.63) is 53.4 Å². The molecule has 5 N–H and O–H groups in total. The summed E-state index contributed by atoms with van der Waals surface area (Å²) in [6.07, 6.45) is 5.01. The zero-order chi connectivity index (χ0) is 25.4. The van der Waals surface area contributed by atoms with E-state index in [1.165, 1.54) is 12.4 Å². The highest BCUT2D eigenvalue weighted by atomic mass is 19.1. The molecule has 11 nitrogen and oxygen atoms in total. The summed E-state index contributed by atoms with van der Waals surface area (Å²) in [7, 11) is 0. The molecule has 0 radical (unpaired) electrons. The molecule has 186 valence electrons. The zero-order valence-corrected chi connectivity index (χ0v) is 18.5. The van der Waals surface area contributed by atoms with Crippen molar-refractivity contribution in [2.24, 2.45) is 0 Å². The molecule has 14 heteroatoms. The second-order valence-electron chi connectivity index (χ2n) is 8.42. The van der Waals surface area contributed by atoms with Crippen LogP contribution in [0.25, 0.3) is 22.3 Å². The smallest absolute Gasteiger partial charge is 0.357 e. The van der Waals surface area contributed by atoms with Gasteiger partial charge in [-0.3, -0.25) is 9.89 Å². The molecule has 1 aliphatic carbocycles. The molecule has 3 heterocycles. The molecule has 36 heavy (non-hydrogen) atoms. The van der Waals surface area contributed by atoms with Crippen LogP contribution in [0, 0.1) is 17.5 Å². The number of amides is 1. The number of nitrogens with zero attached hydrogens (tertiary/aromatic N) is 4. The number of rotatable bonds is 6. The molecule has 1 fully saturated rings. The summed E-state index contributed by atoms with van der Waals surface area (Å²) in [5.41, 5.74) is -0.602. The van der Waals surface area contributed by atoms with E-state index < -0.39 is 29.1 Å². The third-order valence-electron chi connectivity index (χ3n) is 6.01. The van der Waals surface area contributed by atoms with Crippen LogP contribution in [0.15, 0.2) is 24.5 Å². The summed E-state index contributed by atoms with van der Waals surface area (Å²) in [6.45, 7) is 0. The zero-order valence-electron chi connectivity index (χ0n) is 18.5. The Kier molecular flexibility index (Phi) is 6.00. The van der Waals surface area contributed by atoms with Crippen LogP contribution in [0.5, 0.6) is 0 Å². The average molecular weight is 500 g/mol. The number of nitrogens with one attached hydrogen (secondary N) is 4. The van der Waals surface area contributed by atoms with E-state index in [0.29, 0.717) is 31.7 Å². The summed E-state index contributed by atoms with van der Waals surface area (Å²) in [6, 6.07) is 1.16. The van der Waals surface area contributed by atoms with Gasteiger partial charge in [0.1, 0.15) is 17.3 Å². The van der Waals surface area contributed by atoms with E-state index >= 15 is 4.39 Å². The number of halogens is 3. The van der Waals surface area contributed by atoms with Gasteiger partial charge in [0.2, 0.25) is 0 Å². The number of fused-ring (bicyclic) bond motifs is 1. The van der Waals surface area contributed by atoms with Gasteiger partial charge in [-0.1, -0.05) is 5.21 Å². The van der Waals surface area contributed by atoms with Gasteiger partial charge in [-0.2, -0.15) is 0 Å². The Morgan fingerprint density at radius 1 is 1.11 bits per heavy atom. The van der Waals surface area contributed by atoms with E-state index in [4.69, 9.17) is 0 Å². The SMILES string of the molecule is O=C(N[C@@H]1CCC[C@H](Nc2nc(-c3c[nH]c4c(F)cc(F)cc34)nc(C(=O)O)c2F)C1)c1cnn[nH]1. The Morgan fingerprint density at radius 3 is 2.67 bits per heavy atom. The second-order valence-corrected chi connectivity index (χ2v) is 8.42. The predicted molar refractivity (Wildman–Crippen MR) is 120 cm³/mol. The third kappa shape index (κ3) is 4.44. The van der Waals surface area contributed by atoms with Crippen LogP contribution in [0.3, 0.4) is 0 Å². The third-order valence-corrected chi connectivity index (χ3v) is 6.01. The normalized spacial score (nSPS) is 17.8. The fourth-order valence-corrected chi connectivity index (χ4v) is 4.36. The van der Waals surface area contributed by atoms with Gasteiger partial charge < -0.3 is 20.7 Å². The highest BCUT2D eigenvalue weighted by molar-refractivity contribution is 5.95. The Labute approximate surface area is 200 Å². The first-order chi connectivity index (χ1) is 17.3. The molecule has 0 aliphatic heterocycles. The van der Waals surface area contributed by atoms with E-state index in [0.717, 1.165) is 6.07 Å². The number of benzene rings is 1. The van der Waals surface area contributed by atoms with Gasteiger partial charge in [0.25, 0.3) is 5.91 Å². The maximum absolute atomic E-state index is 15.1. The van der Waals surface area contributed by atoms with Crippen LogP contribution >= 0.6 is 0 Å². The number of aromatic carboxylic acids is 1. The standard InChI is InChI=1S/C22H19F3N8O3/c23-9-4-12-13(7-26-17(12)14(24)5-9)19-30-18(22(35)36)16(25)20(31-19)28-10-2-1-3-11(6-10)29-21(34)15-8-27-33-32-15/h4-5,7-8,10-11,26H,1-3,6H2,(H,29,34)(H,35,36)(H,27,32,33)(H,28,30,31)/t10-,11+/m0/s1. The number of carbonyl (C=O) groups excluding carboxylic acids is 1. The van der Waals surface area contributed by atoms with Crippen LogP contribution in [0.4, 0.5) is 19.0 Å². The van der Waals surface area contributed by atoms with Crippen molar-refractivity contribution in [2.45, 2.75) is 37.8 Å². The van der Waals surface area contributed by atoms with Crippen LogP contribution in [-0.4, -0.2) is 59.4 Å². The Balaban J connectivity index is 1.43. The van der Waals surface area contributed by atoms with Crippen LogP contribution in [0.2, 0.25) is 0 Å². The molecule has 3 aromatic heterocycles. The summed E-state index contributed by atoms with van der Waals surface area (Å²) in [4.78, 5) is 34.6. The van der Waals surface area contributed by atoms with Crippen molar-refractivity contribution in [3.63, 3.8) is 0 Å². The molecule has 1 aromatic carbocycles. The minimum absolute atomic E-state index is 0.0240. The van der Waals surface area contributed by atoms with Gasteiger partial charge in [0.15, 0.2) is 23.2 Å². The summed E-state index contributed by atoms with van der Waals surface area (Å²) < 4.78 is 43.0. The lowest BCUT2D eigenvalue weighted by molar-refractivity contribution is 0.0684. The Bertz CT molecular complexity index is 1460. The molecule has 1 aliphatic rings. The van der Waals surface area contributed by atoms with Crippen molar-refractivity contribution < 1.29 is 27.9 Å². The average Bonchev–Trinajstić information content (AvgIpc) is 3.51. The maximum atomic E-state index is 15.1. The number of hydrogen-bond donors (Lipinski definition) is 5. The molecule has 0 bridgehead atoms. The molecule has 0 spiro atoms. The molecular formula is C22H19F3N8O3. The van der Waals surface area contributed by atoms with Crippen LogP contribution in [0.1, 0.15) is 46.7 Å². The minimum Gasteiger partial charge on any atom is -0.476 e. The van der Waals surface area contributed by atoms with Gasteiger partial charge >= 0.3 is 5.97 Å². The van der Waals surface area contributed by atoms with Crippen LogP contribution < -0.4 is 10.6 Å². The Morgan fingerprint density at radius 2 is 1.92 bits per heavy atom. The highest BCUT2D eigenvalue weighted by Crippen LogP contribution is 2.31. The molecule has 1 amide bonds. The monoisotopic (exact) mass is 500 g/mol. The minimum atomic E-state index is -1.63. The van der Waals surface area contributed by atoms with Gasteiger partial charge in [0, 0.05) is 35.3 Å². The first-order valence-electron chi connectivity index (χ1n) is 11.0. The molecule has 5 rings (SSSR count). The second kappa shape index (κ2) is 9.28. The molecule has 0 unspecified atom stereocenters. The predicted octanol–water partition coefficient (Wildman–Crippen LogP) is 3.01. The lowest BCUT2D eigenvalue weighted by Gasteiger charge is -2.30. The molecular weight excluding hydrogens is 481 g/mol. The fraction of sp³-hybridized carbons (Fsp3) is 0.273. The molecule has 2 atom stereocenters. The van der Waals surface area contributed by atoms with Crippen molar-refractivity contribution in [1.29, 1.82) is 0 Å². The van der Waals surface area contributed by atoms with E-state index in [1.807, 2.05) is 0 Å². The summed E-state index contributed by atoms with van der Waals surface area (Å²) in [5, 5.41) is 24.9. The molecule has 0 saturated heterocycles. The first-order valence-corrected chi connectivity index (χ1v) is 11.0. The number of aromatic amines is 2. The van der Waals surface area contributed by atoms with Crippen molar-refractivity contribution >= 4 is 28.6 Å². The number of hydrogen-bond acceptors (Lipinski definition) is 7. The molecule has 1 saturated carbocycles. The first kappa shape index (κ1) is 23.3. The van der Waals surface area contributed by atoms with E-state index in [-0.39, 0.29) is 51.8 Å². The van der Waals surface area contributed by atoms with Gasteiger partial charge in [-0.05, 0) is 31.7 Å². The number of H-pyrrole nitrogens is 2. The summed E-state index contributed by atoms with van der Waals surface area (Å²) in [5.74, 6) is -5.46. The number of aromatic nitrogens is 6. The highest BCUT2D eigenvalue weighted by Gasteiger charge is 2.28. The topological polar surface area (TPSA) is 162 Å². The van der Waals surface area contributed by atoms with Crippen LogP contribution in [-0.2, 0) is 0 Å². The van der Waals surface area contributed by atoms with Crippen molar-refractivity contribution in [3.8, 4) is 11.4 Å². The largest absolute Gasteiger partial charge is 0.476 e. The Hall–Kier alpha value is -4.49. The molecule has 4 aromatic rings. The van der Waals surface area contributed by atoms with E-state index in [9.17, 15) is 23.5 Å². The van der Waals surface area contributed by atoms with E-state index in [1.54, 1.807) is 0 Å². The number of anilines is 1. The van der Waals surface area contributed by atoms with Gasteiger partial charge in [-0.15, -0.1) is 5.10 Å². The number of carboxylic acids is 1.